The molecule has 1 N–H and O–H groups in total. The van der Waals surface area contributed by atoms with Gasteiger partial charge in [-0.05, 0) is 36.8 Å². The van der Waals surface area contributed by atoms with Gasteiger partial charge in [0.2, 0.25) is 0 Å². The Balaban J connectivity index is 1.97. The van der Waals surface area contributed by atoms with Crippen LogP contribution in [0, 0.1) is 11.3 Å². The molecule has 1 aliphatic rings. The zero-order chi connectivity index (χ0) is 15.7. The number of nitriles is 1. The van der Waals surface area contributed by atoms with Gasteiger partial charge in [0.25, 0.3) is 10.0 Å². The van der Waals surface area contributed by atoms with Gasteiger partial charge in [-0.3, -0.25) is 9.71 Å². The van der Waals surface area contributed by atoms with Crippen molar-refractivity contribution in [3.63, 3.8) is 0 Å². The van der Waals surface area contributed by atoms with E-state index < -0.39 is 10.0 Å². The lowest BCUT2D eigenvalue weighted by atomic mass is 10.1. The van der Waals surface area contributed by atoms with Gasteiger partial charge >= 0.3 is 0 Å². The van der Waals surface area contributed by atoms with Gasteiger partial charge in [0.15, 0.2) is 0 Å². The highest BCUT2D eigenvalue weighted by Crippen LogP contribution is 2.25. The van der Waals surface area contributed by atoms with Crippen molar-refractivity contribution in [2.75, 3.05) is 0 Å². The summed E-state index contributed by atoms with van der Waals surface area (Å²) in [6, 6.07) is 15.7. The first kappa shape index (κ1) is 14.3. The van der Waals surface area contributed by atoms with E-state index in [0.29, 0.717) is 17.0 Å². The van der Waals surface area contributed by atoms with Crippen molar-refractivity contribution in [3.8, 4) is 6.07 Å². The van der Waals surface area contributed by atoms with Crippen LogP contribution < -0.4 is 4.72 Å². The molecule has 110 valence electrons. The Hall–Kier alpha value is -2.65. The standard InChI is InChI=1S/C16H13N3O2S/c1-11(13-8-6-12(10-17)7-9-13)18-16-14-4-2-3-5-15(14)22(20,21)19-16/h2-9,11H,1H3,(H,18,19)/t11-/m1/s1. The first-order valence-corrected chi connectivity index (χ1v) is 8.19. The molecule has 22 heavy (non-hydrogen) atoms. The minimum Gasteiger partial charge on any atom is -0.263 e. The highest BCUT2D eigenvalue weighted by atomic mass is 32.2. The number of sulfonamides is 1. The number of benzene rings is 2. The second kappa shape index (κ2) is 5.28. The van der Waals surface area contributed by atoms with Crippen LogP contribution in [0.15, 0.2) is 58.4 Å². The zero-order valence-corrected chi connectivity index (χ0v) is 12.6. The molecule has 0 aliphatic carbocycles. The number of aliphatic imine (C=N–C) groups is 1. The fraction of sp³-hybridized carbons (Fsp3) is 0.125. The third-order valence-electron chi connectivity index (χ3n) is 3.51. The summed E-state index contributed by atoms with van der Waals surface area (Å²) in [4.78, 5) is 4.73. The van der Waals surface area contributed by atoms with Crippen LogP contribution >= 0.6 is 0 Å². The Morgan fingerprint density at radius 3 is 2.50 bits per heavy atom. The largest absolute Gasteiger partial charge is 0.263 e. The number of amidine groups is 1. The summed E-state index contributed by atoms with van der Waals surface area (Å²) in [5, 5.41) is 8.81. The fourth-order valence-electron chi connectivity index (χ4n) is 2.33. The third kappa shape index (κ3) is 2.47. The van der Waals surface area contributed by atoms with Gasteiger partial charge in [0.1, 0.15) is 5.84 Å². The molecule has 0 radical (unpaired) electrons. The normalized spacial score (nSPS) is 18.3. The number of fused-ring (bicyclic) bond motifs is 1. The summed E-state index contributed by atoms with van der Waals surface area (Å²) in [6.45, 7) is 1.88. The average molecular weight is 311 g/mol. The van der Waals surface area contributed by atoms with Crippen LogP contribution in [0.3, 0.4) is 0 Å². The van der Waals surface area contributed by atoms with Crippen molar-refractivity contribution < 1.29 is 8.42 Å². The summed E-state index contributed by atoms with van der Waals surface area (Å²) >= 11 is 0. The molecule has 0 amide bonds. The topological polar surface area (TPSA) is 82.3 Å². The van der Waals surface area contributed by atoms with Crippen LogP contribution in [-0.4, -0.2) is 14.3 Å². The average Bonchev–Trinajstić information content (AvgIpc) is 2.79. The molecule has 0 spiro atoms. The van der Waals surface area contributed by atoms with Crippen molar-refractivity contribution >= 4 is 15.9 Å². The van der Waals surface area contributed by atoms with Crippen LogP contribution in [0.2, 0.25) is 0 Å². The number of hydrogen-bond acceptors (Lipinski definition) is 4. The van der Waals surface area contributed by atoms with E-state index >= 15 is 0 Å². The fourth-order valence-corrected chi connectivity index (χ4v) is 3.57. The molecule has 1 heterocycles. The van der Waals surface area contributed by atoms with E-state index in [1.807, 2.05) is 19.1 Å². The van der Waals surface area contributed by atoms with E-state index in [-0.39, 0.29) is 10.9 Å². The third-order valence-corrected chi connectivity index (χ3v) is 4.90. The molecule has 0 aromatic heterocycles. The summed E-state index contributed by atoms with van der Waals surface area (Å²) in [6.07, 6.45) is 0. The van der Waals surface area contributed by atoms with Gasteiger partial charge in [-0.2, -0.15) is 5.26 Å². The van der Waals surface area contributed by atoms with Crippen molar-refractivity contribution in [3.05, 3.63) is 65.2 Å². The number of rotatable bonds is 2. The molecule has 0 saturated carbocycles. The predicted octanol–water partition coefficient (Wildman–Crippen LogP) is 2.36. The van der Waals surface area contributed by atoms with Gasteiger partial charge in [-0.15, -0.1) is 0 Å². The van der Waals surface area contributed by atoms with Gasteiger partial charge in [-0.25, -0.2) is 8.42 Å². The van der Waals surface area contributed by atoms with E-state index in [1.54, 1.807) is 36.4 Å². The number of hydrogen-bond donors (Lipinski definition) is 1. The summed E-state index contributed by atoms with van der Waals surface area (Å²) < 4.78 is 26.6. The molecule has 0 bridgehead atoms. The van der Waals surface area contributed by atoms with E-state index in [1.165, 1.54) is 0 Å². The molecule has 1 aliphatic heterocycles. The Bertz CT molecular complexity index is 894. The zero-order valence-electron chi connectivity index (χ0n) is 11.8. The second-order valence-corrected chi connectivity index (χ2v) is 6.64. The minimum absolute atomic E-state index is 0.225. The highest BCUT2D eigenvalue weighted by Gasteiger charge is 2.30. The summed E-state index contributed by atoms with van der Waals surface area (Å²) in [7, 11) is -3.52. The molecular formula is C16H13N3O2S. The van der Waals surface area contributed by atoms with Crippen LogP contribution in [0.4, 0.5) is 0 Å². The number of nitrogens with zero attached hydrogens (tertiary/aromatic N) is 2. The Morgan fingerprint density at radius 1 is 1.14 bits per heavy atom. The van der Waals surface area contributed by atoms with Crippen molar-refractivity contribution in [2.24, 2.45) is 4.99 Å². The quantitative estimate of drug-likeness (QED) is 0.924. The maximum Gasteiger partial charge on any atom is 0.263 e. The molecule has 0 saturated heterocycles. The van der Waals surface area contributed by atoms with Crippen molar-refractivity contribution in [1.29, 1.82) is 5.26 Å². The minimum atomic E-state index is -3.52. The van der Waals surface area contributed by atoms with E-state index in [2.05, 4.69) is 15.8 Å². The van der Waals surface area contributed by atoms with Gasteiger partial charge in [0, 0.05) is 5.56 Å². The first-order valence-electron chi connectivity index (χ1n) is 6.71. The summed E-state index contributed by atoms with van der Waals surface area (Å²) in [5.74, 6) is 0.354. The predicted molar refractivity (Wildman–Crippen MR) is 82.9 cm³/mol. The first-order chi connectivity index (χ1) is 10.5. The van der Waals surface area contributed by atoms with Crippen LogP contribution in [0.1, 0.15) is 29.7 Å². The lowest BCUT2D eigenvalue weighted by Crippen LogP contribution is -2.22. The Kier molecular flexibility index (Phi) is 3.43. The molecule has 2 aromatic carbocycles. The van der Waals surface area contributed by atoms with Gasteiger partial charge < -0.3 is 0 Å². The molecular weight excluding hydrogens is 298 g/mol. The molecule has 1 atom stereocenters. The van der Waals surface area contributed by atoms with Gasteiger partial charge in [0.05, 0.1) is 22.6 Å². The molecule has 6 heteroatoms. The monoisotopic (exact) mass is 311 g/mol. The number of nitrogens with one attached hydrogen (secondary N) is 1. The lowest BCUT2D eigenvalue weighted by molar-refractivity contribution is 0.595. The smallest absolute Gasteiger partial charge is 0.263 e. The van der Waals surface area contributed by atoms with E-state index in [0.717, 1.165) is 5.56 Å². The lowest BCUT2D eigenvalue weighted by Gasteiger charge is -2.08. The SMILES string of the molecule is C[C@@H](N=C1NS(=O)(=O)c2ccccc21)c1ccc(C#N)cc1. The van der Waals surface area contributed by atoms with Gasteiger partial charge in [-0.1, -0.05) is 24.3 Å². The van der Waals surface area contributed by atoms with Crippen molar-refractivity contribution in [1.82, 2.24) is 4.72 Å². The van der Waals surface area contributed by atoms with Crippen LogP contribution in [-0.2, 0) is 10.0 Å². The molecule has 2 aromatic rings. The Labute approximate surface area is 129 Å². The van der Waals surface area contributed by atoms with Crippen LogP contribution in [0.25, 0.3) is 0 Å². The van der Waals surface area contributed by atoms with E-state index in [9.17, 15) is 8.42 Å². The van der Waals surface area contributed by atoms with E-state index in [4.69, 9.17) is 5.26 Å². The molecule has 5 nitrogen and oxygen atoms in total. The van der Waals surface area contributed by atoms with Crippen LogP contribution in [0.5, 0.6) is 0 Å². The second-order valence-electron chi connectivity index (χ2n) is 4.99. The Morgan fingerprint density at radius 2 is 1.82 bits per heavy atom. The molecule has 0 fully saturated rings. The maximum atomic E-state index is 12.0. The van der Waals surface area contributed by atoms with Crippen molar-refractivity contribution in [2.45, 2.75) is 17.9 Å². The maximum absolute atomic E-state index is 12.0. The summed E-state index contributed by atoms with van der Waals surface area (Å²) in [5.41, 5.74) is 2.08. The highest BCUT2D eigenvalue weighted by molar-refractivity contribution is 7.90. The molecule has 0 unspecified atom stereocenters. The molecule has 3 rings (SSSR count).